The van der Waals surface area contributed by atoms with Crippen LogP contribution in [0.2, 0.25) is 5.15 Å². The van der Waals surface area contributed by atoms with Crippen molar-refractivity contribution < 1.29 is 0 Å². The van der Waals surface area contributed by atoms with Crippen LogP contribution in [0.3, 0.4) is 0 Å². The van der Waals surface area contributed by atoms with Crippen molar-refractivity contribution in [1.82, 2.24) is 15.2 Å². The Morgan fingerprint density at radius 2 is 1.73 bits per heavy atom. The molecule has 144 valence electrons. The summed E-state index contributed by atoms with van der Waals surface area (Å²) < 4.78 is 0. The zero-order valence-electron chi connectivity index (χ0n) is 15.0. The fourth-order valence-electron chi connectivity index (χ4n) is 4.48. The maximum absolute atomic E-state index is 6.68. The number of rotatable bonds is 3. The molecule has 1 aliphatic heterocycles. The van der Waals surface area contributed by atoms with Gasteiger partial charge in [0.25, 0.3) is 0 Å². The number of fused-ring (bicyclic) bond motifs is 1. The van der Waals surface area contributed by atoms with Gasteiger partial charge in [-0.1, -0.05) is 49.1 Å². The van der Waals surface area contributed by atoms with Gasteiger partial charge in [-0.05, 0) is 30.9 Å². The van der Waals surface area contributed by atoms with Gasteiger partial charge in [0.15, 0.2) is 0 Å². The van der Waals surface area contributed by atoms with Crippen LogP contribution in [0.15, 0.2) is 30.3 Å². The molecule has 1 atom stereocenters. The van der Waals surface area contributed by atoms with Crippen LogP contribution in [0.25, 0.3) is 10.9 Å². The number of para-hydroxylation sites is 1. The SMILES string of the molecule is Cl.Cl.Clc1nc2ccccc2cc1[C@H](C1CCCCC1)N1CCNCC1. The lowest BCUT2D eigenvalue weighted by molar-refractivity contribution is 0.103. The lowest BCUT2D eigenvalue weighted by Crippen LogP contribution is -2.47. The fourth-order valence-corrected chi connectivity index (χ4v) is 4.73. The lowest BCUT2D eigenvalue weighted by Gasteiger charge is -2.41. The normalized spacial score (nSPS) is 20.2. The molecule has 26 heavy (non-hydrogen) atoms. The number of piperazine rings is 1. The largest absolute Gasteiger partial charge is 0.314 e. The first-order valence-corrected chi connectivity index (χ1v) is 9.71. The van der Waals surface area contributed by atoms with E-state index in [2.05, 4.69) is 28.4 Å². The predicted octanol–water partition coefficient (Wildman–Crippen LogP) is 5.26. The van der Waals surface area contributed by atoms with E-state index in [0.29, 0.717) is 17.1 Å². The molecule has 4 rings (SSSR count). The molecule has 1 aliphatic carbocycles. The molecule has 2 fully saturated rings. The van der Waals surface area contributed by atoms with Crippen molar-refractivity contribution in [3.8, 4) is 0 Å². The van der Waals surface area contributed by atoms with Gasteiger partial charge in [0.05, 0.1) is 5.52 Å². The van der Waals surface area contributed by atoms with E-state index in [4.69, 9.17) is 16.6 Å². The fraction of sp³-hybridized carbons (Fsp3) is 0.550. The average Bonchev–Trinajstić information content (AvgIpc) is 2.64. The van der Waals surface area contributed by atoms with Gasteiger partial charge < -0.3 is 5.32 Å². The number of aromatic nitrogens is 1. The maximum atomic E-state index is 6.68. The van der Waals surface area contributed by atoms with Gasteiger partial charge in [-0.2, -0.15) is 0 Å². The number of benzene rings is 1. The van der Waals surface area contributed by atoms with Gasteiger partial charge >= 0.3 is 0 Å². The summed E-state index contributed by atoms with van der Waals surface area (Å²) in [7, 11) is 0. The summed E-state index contributed by atoms with van der Waals surface area (Å²) in [6, 6.07) is 11.0. The first-order valence-electron chi connectivity index (χ1n) is 9.33. The minimum absolute atomic E-state index is 0. The number of nitrogens with one attached hydrogen (secondary N) is 1. The third kappa shape index (κ3) is 4.63. The van der Waals surface area contributed by atoms with Crippen molar-refractivity contribution in [2.24, 2.45) is 5.92 Å². The van der Waals surface area contributed by atoms with E-state index in [0.717, 1.165) is 31.7 Å². The molecule has 0 unspecified atom stereocenters. The highest BCUT2D eigenvalue weighted by Gasteiger charge is 2.32. The Labute approximate surface area is 173 Å². The van der Waals surface area contributed by atoms with Crippen molar-refractivity contribution in [1.29, 1.82) is 0 Å². The van der Waals surface area contributed by atoms with Crippen LogP contribution in [0.4, 0.5) is 0 Å². The number of pyridine rings is 1. The molecule has 1 aromatic carbocycles. The second-order valence-corrected chi connectivity index (χ2v) is 7.55. The molecule has 0 bridgehead atoms. The number of hydrogen-bond donors (Lipinski definition) is 1. The highest BCUT2D eigenvalue weighted by Crippen LogP contribution is 2.41. The summed E-state index contributed by atoms with van der Waals surface area (Å²) in [5.74, 6) is 0.706. The Morgan fingerprint density at radius 1 is 1.04 bits per heavy atom. The van der Waals surface area contributed by atoms with E-state index >= 15 is 0 Å². The Bertz CT molecular complexity index is 680. The Morgan fingerprint density at radius 3 is 2.46 bits per heavy atom. The molecule has 1 N–H and O–H groups in total. The van der Waals surface area contributed by atoms with E-state index in [1.54, 1.807) is 0 Å². The molecule has 1 saturated heterocycles. The molecule has 0 radical (unpaired) electrons. The third-order valence-corrected chi connectivity index (χ3v) is 5.97. The lowest BCUT2D eigenvalue weighted by atomic mass is 9.80. The molecule has 1 saturated carbocycles. The van der Waals surface area contributed by atoms with E-state index in [1.165, 1.54) is 43.1 Å². The summed E-state index contributed by atoms with van der Waals surface area (Å²) in [4.78, 5) is 7.35. The van der Waals surface area contributed by atoms with Crippen LogP contribution < -0.4 is 5.32 Å². The van der Waals surface area contributed by atoms with Crippen LogP contribution in [-0.2, 0) is 0 Å². The zero-order chi connectivity index (χ0) is 16.4. The molecule has 2 heterocycles. The number of nitrogens with zero attached hydrogens (tertiary/aromatic N) is 2. The van der Waals surface area contributed by atoms with Crippen molar-refractivity contribution in [3.63, 3.8) is 0 Å². The van der Waals surface area contributed by atoms with Crippen molar-refractivity contribution in [3.05, 3.63) is 41.0 Å². The van der Waals surface area contributed by atoms with Crippen LogP contribution in [0.5, 0.6) is 0 Å². The quantitative estimate of drug-likeness (QED) is 0.692. The second kappa shape index (κ2) is 10.1. The molecule has 0 amide bonds. The van der Waals surface area contributed by atoms with E-state index in [9.17, 15) is 0 Å². The summed E-state index contributed by atoms with van der Waals surface area (Å²) in [5.41, 5.74) is 2.23. The molecule has 2 aliphatic rings. The van der Waals surface area contributed by atoms with Crippen LogP contribution >= 0.6 is 36.4 Å². The Kier molecular flexibility index (Phi) is 8.43. The molecule has 3 nitrogen and oxygen atoms in total. The van der Waals surface area contributed by atoms with Crippen molar-refractivity contribution in [2.45, 2.75) is 38.1 Å². The second-order valence-electron chi connectivity index (χ2n) is 7.19. The molecular weight excluding hydrogens is 389 g/mol. The minimum atomic E-state index is 0. The van der Waals surface area contributed by atoms with Crippen LogP contribution in [0, 0.1) is 5.92 Å². The van der Waals surface area contributed by atoms with Crippen molar-refractivity contribution >= 4 is 47.3 Å². The first kappa shape index (κ1) is 21.7. The third-order valence-electron chi connectivity index (χ3n) is 5.66. The average molecular weight is 417 g/mol. The Hall–Kier alpha value is -0.580. The Balaban J connectivity index is 0.00000121. The van der Waals surface area contributed by atoms with E-state index in [1.807, 2.05) is 12.1 Å². The smallest absolute Gasteiger partial charge is 0.134 e. The van der Waals surface area contributed by atoms with Gasteiger partial charge in [-0.3, -0.25) is 4.90 Å². The molecule has 2 aromatic rings. The monoisotopic (exact) mass is 415 g/mol. The molecule has 0 spiro atoms. The van der Waals surface area contributed by atoms with Gasteiger partial charge in [-0.15, -0.1) is 24.8 Å². The zero-order valence-corrected chi connectivity index (χ0v) is 17.4. The van der Waals surface area contributed by atoms with E-state index < -0.39 is 0 Å². The van der Waals surface area contributed by atoms with Gasteiger partial charge in [0.2, 0.25) is 0 Å². The minimum Gasteiger partial charge on any atom is -0.314 e. The van der Waals surface area contributed by atoms with Crippen LogP contribution in [0.1, 0.15) is 43.7 Å². The standard InChI is InChI=1S/C20H26ClN3.2ClH/c21-20-17(14-16-8-4-5-9-18(16)23-20)19(15-6-2-1-3-7-15)24-12-10-22-11-13-24;;/h4-5,8-9,14-15,19,22H,1-3,6-7,10-13H2;2*1H/t19-;;/m0../s1. The molecular formula is C20H28Cl3N3. The first-order chi connectivity index (χ1) is 11.8. The summed E-state index contributed by atoms with van der Waals surface area (Å²) in [6.07, 6.45) is 6.72. The topological polar surface area (TPSA) is 28.2 Å². The van der Waals surface area contributed by atoms with Gasteiger partial charge in [-0.25, -0.2) is 4.98 Å². The highest BCUT2D eigenvalue weighted by atomic mass is 35.5. The molecule has 1 aromatic heterocycles. The predicted molar refractivity (Wildman–Crippen MR) is 115 cm³/mol. The van der Waals surface area contributed by atoms with Crippen molar-refractivity contribution in [2.75, 3.05) is 26.2 Å². The van der Waals surface area contributed by atoms with Gasteiger partial charge in [0, 0.05) is 43.2 Å². The summed E-state index contributed by atoms with van der Waals surface area (Å²) >= 11 is 6.68. The van der Waals surface area contributed by atoms with Crippen LogP contribution in [-0.4, -0.2) is 36.1 Å². The molecule has 6 heteroatoms. The maximum Gasteiger partial charge on any atom is 0.134 e. The summed E-state index contributed by atoms with van der Waals surface area (Å²) in [5, 5.41) is 5.38. The number of halogens is 3. The number of hydrogen-bond acceptors (Lipinski definition) is 3. The van der Waals surface area contributed by atoms with Gasteiger partial charge in [0.1, 0.15) is 5.15 Å². The highest BCUT2D eigenvalue weighted by molar-refractivity contribution is 6.30. The summed E-state index contributed by atoms with van der Waals surface area (Å²) in [6.45, 7) is 4.35. The van der Waals surface area contributed by atoms with E-state index in [-0.39, 0.29) is 24.8 Å².